The van der Waals surface area contributed by atoms with Crippen LogP contribution in [0.25, 0.3) is 0 Å². The first-order valence-electron chi connectivity index (χ1n) is 12.7. The second-order valence-electron chi connectivity index (χ2n) is 10.3. The van der Waals surface area contributed by atoms with Crippen molar-refractivity contribution in [3.05, 3.63) is 35.6 Å². The lowest BCUT2D eigenvalue weighted by Crippen LogP contribution is -2.39. The number of ether oxygens (including phenoxy) is 2. The Morgan fingerprint density at radius 1 is 0.733 bits per heavy atom. The Balaban J connectivity index is 1.13. The fourth-order valence-electron chi connectivity index (χ4n) is 6.26. The minimum Gasteiger partial charge on any atom is -0.352 e. The van der Waals surface area contributed by atoms with Gasteiger partial charge in [0.1, 0.15) is 5.82 Å². The van der Waals surface area contributed by atoms with E-state index in [0.29, 0.717) is 11.8 Å². The van der Waals surface area contributed by atoms with Gasteiger partial charge in [-0.2, -0.15) is 0 Å². The summed E-state index contributed by atoms with van der Waals surface area (Å²) < 4.78 is 25.3. The number of aryl methyl sites for hydroxylation is 1. The zero-order chi connectivity index (χ0) is 20.8. The molecule has 2 nitrogen and oxygen atoms in total. The second kappa shape index (κ2) is 11.1. The van der Waals surface area contributed by atoms with Crippen LogP contribution in [0.1, 0.15) is 83.1 Å². The first-order chi connectivity index (χ1) is 14.7. The Morgan fingerprint density at radius 2 is 1.30 bits per heavy atom. The van der Waals surface area contributed by atoms with Crippen LogP contribution in [0.2, 0.25) is 0 Å². The topological polar surface area (TPSA) is 18.5 Å². The van der Waals surface area contributed by atoms with Gasteiger partial charge in [-0.15, -0.1) is 0 Å². The van der Waals surface area contributed by atoms with Gasteiger partial charge >= 0.3 is 0 Å². The molecule has 1 heterocycles. The van der Waals surface area contributed by atoms with E-state index in [1.165, 1.54) is 76.2 Å². The minimum absolute atomic E-state index is 0.0706. The van der Waals surface area contributed by atoms with Crippen molar-refractivity contribution >= 4 is 0 Å². The molecule has 1 aliphatic heterocycles. The van der Waals surface area contributed by atoms with Gasteiger partial charge < -0.3 is 9.47 Å². The minimum atomic E-state index is -0.128. The van der Waals surface area contributed by atoms with Crippen molar-refractivity contribution in [2.75, 3.05) is 13.2 Å². The van der Waals surface area contributed by atoms with Crippen molar-refractivity contribution < 1.29 is 13.9 Å². The van der Waals surface area contributed by atoms with Crippen LogP contribution in [0.15, 0.2) is 24.3 Å². The fraction of sp³-hybridized carbons (Fsp3) is 0.778. The van der Waals surface area contributed by atoms with Gasteiger partial charge in [0.2, 0.25) is 0 Å². The highest BCUT2D eigenvalue weighted by Gasteiger charge is 2.35. The van der Waals surface area contributed by atoms with Crippen molar-refractivity contribution in [3.63, 3.8) is 0 Å². The van der Waals surface area contributed by atoms with Crippen LogP contribution >= 0.6 is 0 Å². The highest BCUT2D eigenvalue weighted by molar-refractivity contribution is 5.16. The van der Waals surface area contributed by atoms with E-state index in [9.17, 15) is 4.39 Å². The normalized spacial score (nSPS) is 35.3. The lowest BCUT2D eigenvalue weighted by Gasteiger charge is -2.41. The molecule has 2 saturated carbocycles. The van der Waals surface area contributed by atoms with E-state index in [1.54, 1.807) is 12.1 Å². The lowest BCUT2D eigenvalue weighted by atomic mass is 9.68. The van der Waals surface area contributed by atoms with Gasteiger partial charge in [0.05, 0.1) is 13.2 Å². The average molecular weight is 417 g/mol. The number of hydrogen-bond acceptors (Lipinski definition) is 2. The maximum atomic E-state index is 13.1. The molecule has 0 N–H and O–H groups in total. The quantitative estimate of drug-likeness (QED) is 0.469. The lowest BCUT2D eigenvalue weighted by molar-refractivity contribution is -0.230. The van der Waals surface area contributed by atoms with E-state index >= 15 is 0 Å². The molecule has 0 spiro atoms. The molecule has 2 aliphatic carbocycles. The summed E-state index contributed by atoms with van der Waals surface area (Å²) >= 11 is 0. The molecule has 0 radical (unpaired) electrons. The number of halogens is 1. The Hall–Kier alpha value is -0.930. The summed E-state index contributed by atoms with van der Waals surface area (Å²) in [7, 11) is 0. The number of rotatable bonds is 7. The Bertz CT molecular complexity index is 606. The standard InChI is InChI=1S/C27H41FO2/c1-2-3-22-18-29-27(30-19-22)25-14-12-24(13-15-25)23-10-6-20(7-11-23)4-5-21-8-16-26(28)17-9-21/h8-9,16-17,20,22-25,27H,2-7,10-15,18-19H2,1H3. The third kappa shape index (κ3) is 6.07. The van der Waals surface area contributed by atoms with Crippen LogP contribution < -0.4 is 0 Å². The molecule has 4 rings (SSSR count). The monoisotopic (exact) mass is 416 g/mol. The molecule has 0 aromatic heterocycles. The van der Waals surface area contributed by atoms with Crippen molar-refractivity contribution in [1.82, 2.24) is 0 Å². The smallest absolute Gasteiger partial charge is 0.160 e. The first kappa shape index (κ1) is 22.3. The van der Waals surface area contributed by atoms with Gasteiger partial charge in [-0.05, 0) is 93.2 Å². The molecule has 30 heavy (non-hydrogen) atoms. The fourth-order valence-corrected chi connectivity index (χ4v) is 6.26. The molecular formula is C27H41FO2. The third-order valence-corrected chi connectivity index (χ3v) is 8.20. The van der Waals surface area contributed by atoms with Gasteiger partial charge in [-0.25, -0.2) is 4.39 Å². The number of benzene rings is 1. The van der Waals surface area contributed by atoms with E-state index in [0.717, 1.165) is 37.4 Å². The van der Waals surface area contributed by atoms with Crippen molar-refractivity contribution in [3.8, 4) is 0 Å². The van der Waals surface area contributed by atoms with Crippen LogP contribution in [-0.4, -0.2) is 19.5 Å². The second-order valence-corrected chi connectivity index (χ2v) is 10.3. The van der Waals surface area contributed by atoms with E-state index < -0.39 is 0 Å². The summed E-state index contributed by atoms with van der Waals surface area (Å²) in [6, 6.07) is 7.08. The molecule has 3 heteroatoms. The molecule has 1 saturated heterocycles. The largest absolute Gasteiger partial charge is 0.352 e. The molecule has 168 valence electrons. The molecular weight excluding hydrogens is 375 g/mol. The summed E-state index contributed by atoms with van der Waals surface area (Å²) in [5, 5.41) is 0. The number of hydrogen-bond donors (Lipinski definition) is 0. The van der Waals surface area contributed by atoms with Gasteiger partial charge in [0, 0.05) is 11.8 Å². The molecule has 1 aromatic rings. The van der Waals surface area contributed by atoms with Gasteiger partial charge in [0.15, 0.2) is 6.29 Å². The Morgan fingerprint density at radius 3 is 1.90 bits per heavy atom. The molecule has 0 unspecified atom stereocenters. The predicted octanol–water partition coefficient (Wildman–Crippen LogP) is 7.16. The summed E-state index contributed by atoms with van der Waals surface area (Å²) in [5.41, 5.74) is 1.28. The highest BCUT2D eigenvalue weighted by Crippen LogP contribution is 2.43. The van der Waals surface area contributed by atoms with Crippen LogP contribution in [-0.2, 0) is 15.9 Å². The maximum Gasteiger partial charge on any atom is 0.160 e. The van der Waals surface area contributed by atoms with Crippen LogP contribution in [0.4, 0.5) is 4.39 Å². The van der Waals surface area contributed by atoms with Crippen LogP contribution in [0, 0.1) is 35.4 Å². The predicted molar refractivity (Wildman–Crippen MR) is 120 cm³/mol. The van der Waals surface area contributed by atoms with E-state index in [4.69, 9.17) is 9.47 Å². The average Bonchev–Trinajstić information content (AvgIpc) is 2.80. The zero-order valence-electron chi connectivity index (χ0n) is 18.9. The van der Waals surface area contributed by atoms with Gasteiger partial charge in [0.25, 0.3) is 0 Å². The third-order valence-electron chi connectivity index (χ3n) is 8.20. The molecule has 0 bridgehead atoms. The summed E-state index contributed by atoms with van der Waals surface area (Å²) in [4.78, 5) is 0. The first-order valence-corrected chi connectivity index (χ1v) is 12.7. The Labute approximate surface area is 182 Å². The SMILES string of the molecule is CCCC1COC(C2CCC(C3CCC(CCc4ccc(F)cc4)CC3)CC2)OC1. The maximum absolute atomic E-state index is 13.1. The van der Waals surface area contributed by atoms with Crippen molar-refractivity contribution in [2.45, 2.75) is 90.3 Å². The summed E-state index contributed by atoms with van der Waals surface area (Å²) in [6.45, 7) is 4.05. The van der Waals surface area contributed by atoms with Gasteiger partial charge in [-0.1, -0.05) is 38.3 Å². The molecule has 1 aromatic carbocycles. The molecule has 3 fully saturated rings. The zero-order valence-corrected chi connectivity index (χ0v) is 18.9. The van der Waals surface area contributed by atoms with Crippen molar-refractivity contribution in [1.29, 1.82) is 0 Å². The molecule has 0 atom stereocenters. The van der Waals surface area contributed by atoms with Crippen LogP contribution in [0.5, 0.6) is 0 Å². The summed E-state index contributed by atoms with van der Waals surface area (Å²) in [6.07, 6.45) is 15.8. The van der Waals surface area contributed by atoms with E-state index in [-0.39, 0.29) is 12.1 Å². The Kier molecular flexibility index (Phi) is 8.23. The summed E-state index contributed by atoms with van der Waals surface area (Å²) in [5.74, 6) is 3.83. The molecule has 3 aliphatic rings. The van der Waals surface area contributed by atoms with E-state index in [2.05, 4.69) is 6.92 Å². The van der Waals surface area contributed by atoms with Crippen LogP contribution in [0.3, 0.4) is 0 Å². The molecule has 0 amide bonds. The highest BCUT2D eigenvalue weighted by atomic mass is 19.1. The van der Waals surface area contributed by atoms with Crippen molar-refractivity contribution in [2.24, 2.45) is 29.6 Å². The van der Waals surface area contributed by atoms with Gasteiger partial charge in [-0.3, -0.25) is 0 Å². The van der Waals surface area contributed by atoms with E-state index in [1.807, 2.05) is 12.1 Å².